The first kappa shape index (κ1) is 16.2. The normalized spacial score (nSPS) is 12.3. The molecule has 5 heteroatoms. The topological polar surface area (TPSA) is 48.8 Å². The fourth-order valence-electron chi connectivity index (χ4n) is 2.87. The van der Waals surface area contributed by atoms with E-state index in [2.05, 4.69) is 10.3 Å². The van der Waals surface area contributed by atoms with Crippen molar-refractivity contribution in [2.45, 2.75) is 32.9 Å². The van der Waals surface area contributed by atoms with Gasteiger partial charge in [0.15, 0.2) is 11.0 Å². The van der Waals surface area contributed by atoms with E-state index in [0.717, 1.165) is 16.9 Å². The first-order chi connectivity index (χ1) is 11.6. The van der Waals surface area contributed by atoms with Gasteiger partial charge in [0.1, 0.15) is 18.4 Å². The van der Waals surface area contributed by atoms with E-state index in [9.17, 15) is 9.18 Å². The number of nitrogens with one attached hydrogen (secondary N) is 2. The Hall–Kier alpha value is -2.69. The highest BCUT2D eigenvalue weighted by Crippen LogP contribution is 2.16. The van der Waals surface area contributed by atoms with Gasteiger partial charge in [-0.15, -0.1) is 0 Å². The Labute approximate surface area is 140 Å². The Kier molecular flexibility index (Phi) is 4.60. The predicted molar refractivity (Wildman–Crippen MR) is 90.8 cm³/mol. The Morgan fingerprint density at radius 1 is 1.21 bits per heavy atom. The van der Waals surface area contributed by atoms with E-state index in [-0.39, 0.29) is 17.8 Å². The molecule has 0 saturated heterocycles. The van der Waals surface area contributed by atoms with Crippen LogP contribution in [0.3, 0.4) is 0 Å². The van der Waals surface area contributed by atoms with Crippen molar-refractivity contribution in [1.29, 1.82) is 0 Å². The summed E-state index contributed by atoms with van der Waals surface area (Å²) in [5.41, 5.74) is 2.55. The molecular formula is C19H21FN3O+. The number of halogens is 1. The maximum Gasteiger partial charge on any atom is 0.278 e. The molecule has 1 heterocycles. The first-order valence-corrected chi connectivity index (χ1v) is 8.13. The van der Waals surface area contributed by atoms with Crippen LogP contribution in [-0.4, -0.2) is 10.9 Å². The third-order valence-corrected chi connectivity index (χ3v) is 4.14. The lowest BCUT2D eigenvalue weighted by Gasteiger charge is -2.11. The molecule has 0 bridgehead atoms. The van der Waals surface area contributed by atoms with Gasteiger partial charge >= 0.3 is 0 Å². The second kappa shape index (κ2) is 6.83. The summed E-state index contributed by atoms with van der Waals surface area (Å²) in [6, 6.07) is 14.4. The zero-order valence-electron chi connectivity index (χ0n) is 13.8. The van der Waals surface area contributed by atoms with E-state index in [1.807, 2.05) is 48.7 Å². The van der Waals surface area contributed by atoms with Crippen molar-refractivity contribution >= 4 is 16.9 Å². The summed E-state index contributed by atoms with van der Waals surface area (Å²) in [6.45, 7) is 4.15. The molecule has 1 atom stereocenters. The van der Waals surface area contributed by atoms with Crippen LogP contribution < -0.4 is 9.88 Å². The molecular weight excluding hydrogens is 305 g/mol. The number of nitrogens with zero attached hydrogens (tertiary/aromatic N) is 1. The average molecular weight is 326 g/mol. The van der Waals surface area contributed by atoms with Gasteiger partial charge in [0.2, 0.25) is 5.91 Å². The quantitative estimate of drug-likeness (QED) is 0.695. The van der Waals surface area contributed by atoms with Crippen LogP contribution in [0.4, 0.5) is 4.39 Å². The van der Waals surface area contributed by atoms with E-state index in [4.69, 9.17) is 0 Å². The molecule has 1 amide bonds. The number of hydrogen-bond acceptors (Lipinski definition) is 1. The summed E-state index contributed by atoms with van der Waals surface area (Å²) in [7, 11) is 0. The number of hydrogen-bond donors (Lipinski definition) is 2. The number of aromatic nitrogens is 2. The lowest BCUT2D eigenvalue weighted by Crippen LogP contribution is -2.42. The van der Waals surface area contributed by atoms with Gasteiger partial charge in [-0.1, -0.05) is 37.3 Å². The van der Waals surface area contributed by atoms with Crippen molar-refractivity contribution in [2.75, 3.05) is 0 Å². The molecule has 0 fully saturated rings. The lowest BCUT2D eigenvalue weighted by atomic mass is 10.2. The maximum absolute atomic E-state index is 14.1. The van der Waals surface area contributed by atoms with Crippen molar-refractivity contribution in [3.63, 3.8) is 0 Å². The predicted octanol–water partition coefficient (Wildman–Crippen LogP) is 3.23. The summed E-state index contributed by atoms with van der Waals surface area (Å²) in [5.74, 6) is 0.603. The van der Waals surface area contributed by atoms with Crippen LogP contribution in [-0.2, 0) is 11.3 Å². The highest BCUT2D eigenvalue weighted by molar-refractivity contribution is 5.76. The van der Waals surface area contributed by atoms with Crippen LogP contribution in [0.2, 0.25) is 0 Å². The van der Waals surface area contributed by atoms with Gasteiger partial charge in [0.05, 0.1) is 0 Å². The first-order valence-electron chi connectivity index (χ1n) is 8.13. The van der Waals surface area contributed by atoms with Crippen molar-refractivity contribution in [1.82, 2.24) is 10.3 Å². The Bertz CT molecular complexity index is 872. The van der Waals surface area contributed by atoms with Crippen molar-refractivity contribution in [2.24, 2.45) is 0 Å². The molecule has 0 aliphatic rings. The van der Waals surface area contributed by atoms with E-state index >= 15 is 0 Å². The number of para-hydroxylation sites is 2. The molecule has 3 aromatic rings. The number of H-pyrrole nitrogens is 1. The highest BCUT2D eigenvalue weighted by Gasteiger charge is 2.25. The monoisotopic (exact) mass is 326 g/mol. The fourth-order valence-corrected chi connectivity index (χ4v) is 2.87. The van der Waals surface area contributed by atoms with E-state index in [0.29, 0.717) is 18.5 Å². The summed E-state index contributed by atoms with van der Waals surface area (Å²) in [4.78, 5) is 15.1. The average Bonchev–Trinajstić information content (AvgIpc) is 2.95. The zero-order valence-corrected chi connectivity index (χ0v) is 13.8. The SMILES string of the molecule is CCC(=O)NC(C)c1[nH]c2ccccc2[n+]1Cc1ccccc1F. The standard InChI is InChI=1S/C19H20FN3O/c1-3-18(24)21-13(2)19-22-16-10-6-7-11-17(16)23(19)12-14-8-4-5-9-15(14)20/h4-11,13H,3,12H2,1-2H3,(H,21,24)/p+1. The molecule has 0 aliphatic carbocycles. The van der Waals surface area contributed by atoms with Gasteiger partial charge in [0, 0.05) is 12.0 Å². The van der Waals surface area contributed by atoms with Crippen LogP contribution >= 0.6 is 0 Å². The summed E-state index contributed by atoms with van der Waals surface area (Å²) < 4.78 is 16.1. The molecule has 4 nitrogen and oxygen atoms in total. The largest absolute Gasteiger partial charge is 0.342 e. The molecule has 2 N–H and O–H groups in total. The van der Waals surface area contributed by atoms with Crippen LogP contribution in [0.5, 0.6) is 0 Å². The summed E-state index contributed by atoms with van der Waals surface area (Å²) >= 11 is 0. The fraction of sp³-hybridized carbons (Fsp3) is 0.263. The number of imidazole rings is 1. The van der Waals surface area contributed by atoms with Gasteiger partial charge in [-0.05, 0) is 25.1 Å². The van der Waals surface area contributed by atoms with Crippen LogP contribution in [0.1, 0.15) is 37.7 Å². The maximum atomic E-state index is 14.1. The molecule has 124 valence electrons. The van der Waals surface area contributed by atoms with Gasteiger partial charge < -0.3 is 5.32 Å². The molecule has 0 saturated carbocycles. The Morgan fingerprint density at radius 3 is 2.67 bits per heavy atom. The van der Waals surface area contributed by atoms with Crippen LogP contribution in [0, 0.1) is 5.82 Å². The Balaban J connectivity index is 2.05. The van der Waals surface area contributed by atoms with E-state index in [1.165, 1.54) is 6.07 Å². The second-order valence-corrected chi connectivity index (χ2v) is 5.85. The zero-order chi connectivity index (χ0) is 17.1. The van der Waals surface area contributed by atoms with Crippen LogP contribution in [0.25, 0.3) is 11.0 Å². The molecule has 0 spiro atoms. The minimum absolute atomic E-state index is 0.0152. The number of carbonyl (C=O) groups excluding carboxylic acids is 1. The third-order valence-electron chi connectivity index (χ3n) is 4.14. The van der Waals surface area contributed by atoms with Crippen molar-refractivity contribution in [3.05, 3.63) is 65.7 Å². The van der Waals surface area contributed by atoms with Gasteiger partial charge in [-0.3, -0.25) is 4.79 Å². The molecule has 0 aliphatic heterocycles. The van der Waals surface area contributed by atoms with Gasteiger partial charge in [-0.25, -0.2) is 13.9 Å². The van der Waals surface area contributed by atoms with E-state index < -0.39 is 0 Å². The molecule has 3 rings (SSSR count). The van der Waals surface area contributed by atoms with Gasteiger partial charge in [0.25, 0.3) is 5.82 Å². The van der Waals surface area contributed by atoms with Crippen molar-refractivity contribution < 1.29 is 13.8 Å². The molecule has 0 radical (unpaired) electrons. The molecule has 1 unspecified atom stereocenters. The minimum Gasteiger partial charge on any atom is -0.342 e. The number of carbonyl (C=O) groups is 1. The van der Waals surface area contributed by atoms with E-state index in [1.54, 1.807) is 12.1 Å². The third kappa shape index (κ3) is 3.15. The smallest absolute Gasteiger partial charge is 0.278 e. The number of aromatic amines is 1. The van der Waals surface area contributed by atoms with Gasteiger partial charge in [-0.2, -0.15) is 0 Å². The highest BCUT2D eigenvalue weighted by atomic mass is 19.1. The summed E-state index contributed by atoms with van der Waals surface area (Å²) in [5, 5.41) is 2.96. The second-order valence-electron chi connectivity index (χ2n) is 5.85. The van der Waals surface area contributed by atoms with Crippen LogP contribution in [0.15, 0.2) is 48.5 Å². The number of amides is 1. The lowest BCUT2D eigenvalue weighted by molar-refractivity contribution is -0.671. The van der Waals surface area contributed by atoms with Crippen molar-refractivity contribution in [3.8, 4) is 0 Å². The molecule has 2 aromatic carbocycles. The number of benzene rings is 2. The Morgan fingerprint density at radius 2 is 1.92 bits per heavy atom. The molecule has 24 heavy (non-hydrogen) atoms. The number of fused-ring (bicyclic) bond motifs is 1. The number of rotatable bonds is 5. The molecule has 1 aromatic heterocycles. The summed E-state index contributed by atoms with van der Waals surface area (Å²) in [6.07, 6.45) is 0.428. The minimum atomic E-state index is -0.230.